The highest BCUT2D eigenvalue weighted by molar-refractivity contribution is 14.1. The third-order valence-electron chi connectivity index (χ3n) is 3.01. The lowest BCUT2D eigenvalue weighted by atomic mass is 10.2. The summed E-state index contributed by atoms with van der Waals surface area (Å²) in [6.45, 7) is 3.03. The predicted octanol–water partition coefficient (Wildman–Crippen LogP) is 3.51. The zero-order valence-corrected chi connectivity index (χ0v) is 13.7. The molecule has 106 valence electrons. The quantitative estimate of drug-likeness (QED) is 0.690. The predicted molar refractivity (Wildman–Crippen MR) is 92.1 cm³/mol. The Morgan fingerprint density at radius 2 is 1.90 bits per heavy atom. The minimum absolute atomic E-state index is 0.696. The Hall–Kier alpha value is -1.83. The summed E-state index contributed by atoms with van der Waals surface area (Å²) in [5.74, 6) is 1.57. The zero-order valence-electron chi connectivity index (χ0n) is 11.5. The maximum absolute atomic E-state index is 4.61. The van der Waals surface area contributed by atoms with Gasteiger partial charge in [0.25, 0.3) is 0 Å². The second-order valence-corrected chi connectivity index (χ2v) is 5.74. The molecule has 3 aromatic rings. The third-order valence-corrected chi connectivity index (χ3v) is 3.80. The van der Waals surface area contributed by atoms with E-state index in [0.717, 1.165) is 39.0 Å². The second kappa shape index (κ2) is 6.30. The van der Waals surface area contributed by atoms with E-state index in [9.17, 15) is 0 Å². The fourth-order valence-electron chi connectivity index (χ4n) is 1.98. The van der Waals surface area contributed by atoms with E-state index in [1.165, 1.54) is 0 Å². The topological polar surface area (TPSA) is 63.6 Å². The fourth-order valence-corrected chi connectivity index (χ4v) is 2.43. The molecule has 0 atom stereocenters. The van der Waals surface area contributed by atoms with Gasteiger partial charge in [-0.25, -0.2) is 9.97 Å². The van der Waals surface area contributed by atoms with Gasteiger partial charge in [-0.15, -0.1) is 0 Å². The van der Waals surface area contributed by atoms with Crippen LogP contribution in [0.25, 0.3) is 22.4 Å². The molecule has 2 heterocycles. The van der Waals surface area contributed by atoms with Crippen molar-refractivity contribution in [3.8, 4) is 11.4 Å². The number of fused-ring (bicyclic) bond motifs is 1. The molecule has 0 saturated heterocycles. The number of rotatable bonds is 4. The van der Waals surface area contributed by atoms with E-state index >= 15 is 0 Å². The summed E-state index contributed by atoms with van der Waals surface area (Å²) in [6.07, 6.45) is 6.27. The lowest BCUT2D eigenvalue weighted by molar-refractivity contribution is 0.963. The van der Waals surface area contributed by atoms with Gasteiger partial charge in [0, 0.05) is 30.7 Å². The summed E-state index contributed by atoms with van der Waals surface area (Å²) >= 11 is 2.24. The number of benzene rings is 1. The van der Waals surface area contributed by atoms with Crippen molar-refractivity contribution >= 4 is 39.4 Å². The molecule has 0 aliphatic carbocycles. The molecule has 1 N–H and O–H groups in total. The molecular weight excluding hydrogens is 377 g/mol. The van der Waals surface area contributed by atoms with Crippen LogP contribution >= 0.6 is 22.6 Å². The molecule has 5 nitrogen and oxygen atoms in total. The van der Waals surface area contributed by atoms with Crippen LogP contribution in [-0.2, 0) is 0 Å². The first kappa shape index (κ1) is 14.1. The van der Waals surface area contributed by atoms with Crippen LogP contribution in [0, 0.1) is 3.57 Å². The number of aromatic nitrogens is 4. The Morgan fingerprint density at radius 3 is 2.71 bits per heavy atom. The maximum atomic E-state index is 4.61. The summed E-state index contributed by atoms with van der Waals surface area (Å²) in [7, 11) is 0. The fraction of sp³-hybridized carbons (Fsp3) is 0.200. The second-order valence-electron chi connectivity index (χ2n) is 4.58. The highest BCUT2D eigenvalue weighted by Gasteiger charge is 2.08. The van der Waals surface area contributed by atoms with E-state index in [-0.39, 0.29) is 0 Å². The minimum atomic E-state index is 0.696. The molecule has 2 aromatic heterocycles. The third kappa shape index (κ3) is 3.10. The number of halogens is 1. The minimum Gasteiger partial charge on any atom is -0.369 e. The van der Waals surface area contributed by atoms with Crippen LogP contribution < -0.4 is 5.32 Å². The maximum Gasteiger partial charge on any atom is 0.161 e. The molecule has 0 aliphatic heterocycles. The molecular formula is C15H14IN5. The lowest BCUT2D eigenvalue weighted by Crippen LogP contribution is -2.05. The summed E-state index contributed by atoms with van der Waals surface area (Å²) < 4.78 is 1.02. The van der Waals surface area contributed by atoms with Crippen molar-refractivity contribution in [3.63, 3.8) is 0 Å². The number of anilines is 1. The van der Waals surface area contributed by atoms with Crippen LogP contribution in [0.3, 0.4) is 0 Å². The van der Waals surface area contributed by atoms with E-state index < -0.39 is 0 Å². The average molecular weight is 391 g/mol. The number of hydrogen-bond acceptors (Lipinski definition) is 5. The summed E-state index contributed by atoms with van der Waals surface area (Å²) in [4.78, 5) is 17.6. The smallest absolute Gasteiger partial charge is 0.161 e. The van der Waals surface area contributed by atoms with E-state index in [1.807, 2.05) is 24.4 Å². The van der Waals surface area contributed by atoms with Crippen molar-refractivity contribution in [1.82, 2.24) is 19.9 Å². The van der Waals surface area contributed by atoms with Crippen LogP contribution in [0.15, 0.2) is 36.8 Å². The summed E-state index contributed by atoms with van der Waals surface area (Å²) in [6, 6.07) is 5.88. The number of hydrogen-bond donors (Lipinski definition) is 1. The standard InChI is InChI=1S/C15H14IN5/c1-2-5-19-15-11(16)9-20-14(21-15)10-3-4-12-13(8-10)18-7-6-17-12/h3-4,6-9H,2,5H2,1H3,(H,19,20,21). The average Bonchev–Trinajstić information content (AvgIpc) is 2.53. The van der Waals surface area contributed by atoms with Gasteiger partial charge in [-0.2, -0.15) is 0 Å². The summed E-state index contributed by atoms with van der Waals surface area (Å²) in [5.41, 5.74) is 2.66. The Balaban J connectivity index is 2.01. The van der Waals surface area contributed by atoms with Crippen molar-refractivity contribution < 1.29 is 0 Å². The van der Waals surface area contributed by atoms with Crippen molar-refractivity contribution in [2.45, 2.75) is 13.3 Å². The molecule has 0 spiro atoms. The van der Waals surface area contributed by atoms with E-state index in [0.29, 0.717) is 5.82 Å². The lowest BCUT2D eigenvalue weighted by Gasteiger charge is -2.08. The zero-order chi connectivity index (χ0) is 14.7. The highest BCUT2D eigenvalue weighted by Crippen LogP contribution is 2.22. The van der Waals surface area contributed by atoms with E-state index in [4.69, 9.17) is 0 Å². The van der Waals surface area contributed by atoms with Crippen molar-refractivity contribution in [1.29, 1.82) is 0 Å². The van der Waals surface area contributed by atoms with Crippen LogP contribution in [0.5, 0.6) is 0 Å². The van der Waals surface area contributed by atoms with Crippen LogP contribution in [0.1, 0.15) is 13.3 Å². The van der Waals surface area contributed by atoms with Crippen LogP contribution in [0.4, 0.5) is 5.82 Å². The normalized spacial score (nSPS) is 10.8. The Kier molecular flexibility index (Phi) is 4.23. The largest absolute Gasteiger partial charge is 0.369 e. The Morgan fingerprint density at radius 1 is 1.10 bits per heavy atom. The van der Waals surface area contributed by atoms with Gasteiger partial charge in [-0.1, -0.05) is 6.92 Å². The first-order chi connectivity index (χ1) is 10.3. The van der Waals surface area contributed by atoms with Gasteiger partial charge < -0.3 is 5.32 Å². The van der Waals surface area contributed by atoms with Crippen molar-refractivity contribution in [2.75, 3.05) is 11.9 Å². The van der Waals surface area contributed by atoms with Gasteiger partial charge in [0.1, 0.15) is 5.82 Å². The molecule has 0 unspecified atom stereocenters. The SMILES string of the molecule is CCCNc1nc(-c2ccc3nccnc3c2)ncc1I. The Bertz CT molecular complexity index is 775. The van der Waals surface area contributed by atoms with Crippen molar-refractivity contribution in [2.24, 2.45) is 0 Å². The van der Waals surface area contributed by atoms with E-state index in [2.05, 4.69) is 54.8 Å². The monoisotopic (exact) mass is 391 g/mol. The molecule has 0 fully saturated rings. The molecule has 0 bridgehead atoms. The van der Waals surface area contributed by atoms with Gasteiger partial charge in [0.15, 0.2) is 5.82 Å². The molecule has 0 saturated carbocycles. The van der Waals surface area contributed by atoms with Crippen LogP contribution in [-0.4, -0.2) is 26.5 Å². The molecule has 0 amide bonds. The van der Waals surface area contributed by atoms with E-state index in [1.54, 1.807) is 12.4 Å². The molecule has 0 aliphatic rings. The summed E-state index contributed by atoms with van der Waals surface area (Å²) in [5, 5.41) is 3.32. The highest BCUT2D eigenvalue weighted by atomic mass is 127. The van der Waals surface area contributed by atoms with Gasteiger partial charge in [0.2, 0.25) is 0 Å². The molecule has 6 heteroatoms. The molecule has 0 radical (unpaired) electrons. The van der Waals surface area contributed by atoms with Crippen molar-refractivity contribution in [3.05, 3.63) is 40.4 Å². The number of nitrogens with one attached hydrogen (secondary N) is 1. The van der Waals surface area contributed by atoms with Gasteiger partial charge >= 0.3 is 0 Å². The molecule has 3 rings (SSSR count). The van der Waals surface area contributed by atoms with Crippen LogP contribution in [0.2, 0.25) is 0 Å². The first-order valence-corrected chi connectivity index (χ1v) is 7.83. The molecule has 1 aromatic carbocycles. The number of nitrogens with zero attached hydrogens (tertiary/aromatic N) is 4. The van der Waals surface area contributed by atoms with Gasteiger partial charge in [-0.3, -0.25) is 9.97 Å². The first-order valence-electron chi connectivity index (χ1n) is 6.75. The molecule has 21 heavy (non-hydrogen) atoms. The Labute approximate surface area is 136 Å². The van der Waals surface area contributed by atoms with Gasteiger partial charge in [-0.05, 0) is 47.2 Å². The van der Waals surface area contributed by atoms with Gasteiger partial charge in [0.05, 0.1) is 14.6 Å².